The van der Waals surface area contributed by atoms with Gasteiger partial charge in [-0.05, 0) is 50.1 Å². The van der Waals surface area contributed by atoms with Gasteiger partial charge in [-0.15, -0.1) is 0 Å². The number of para-hydroxylation sites is 1. The molecule has 2 aromatic carbocycles. The van der Waals surface area contributed by atoms with Crippen LogP contribution < -0.4 is 10.0 Å². The Bertz CT molecular complexity index is 916. The summed E-state index contributed by atoms with van der Waals surface area (Å²) in [5.74, 6) is -0.314. The minimum atomic E-state index is -3.88. The lowest BCUT2D eigenvalue weighted by Crippen LogP contribution is -2.30. The van der Waals surface area contributed by atoms with Crippen molar-refractivity contribution in [3.63, 3.8) is 0 Å². The van der Waals surface area contributed by atoms with Crippen molar-refractivity contribution in [2.75, 3.05) is 16.6 Å². The van der Waals surface area contributed by atoms with Crippen LogP contribution in [0.4, 0.5) is 11.4 Å². The van der Waals surface area contributed by atoms with E-state index < -0.39 is 16.1 Å². The van der Waals surface area contributed by atoms with Crippen LogP contribution in [-0.4, -0.2) is 27.0 Å². The summed E-state index contributed by atoms with van der Waals surface area (Å²) in [6.45, 7) is 5.76. The second-order valence-corrected chi connectivity index (χ2v) is 7.97. The Hall–Kier alpha value is -2.09. The number of halogens is 1. The van der Waals surface area contributed by atoms with E-state index in [0.717, 1.165) is 0 Å². The van der Waals surface area contributed by atoms with Crippen molar-refractivity contribution in [2.24, 2.45) is 0 Å². The van der Waals surface area contributed by atoms with Gasteiger partial charge in [-0.3, -0.25) is 9.52 Å². The van der Waals surface area contributed by atoms with E-state index in [2.05, 4.69) is 10.0 Å². The highest BCUT2D eigenvalue weighted by molar-refractivity contribution is 7.92. The van der Waals surface area contributed by atoms with Gasteiger partial charge in [0.15, 0.2) is 0 Å². The van der Waals surface area contributed by atoms with Crippen LogP contribution in [0.3, 0.4) is 0 Å². The summed E-state index contributed by atoms with van der Waals surface area (Å²) in [5, 5.41) is 3.01. The van der Waals surface area contributed by atoms with Crippen LogP contribution >= 0.6 is 11.6 Å². The first kappa shape index (κ1) is 21.2. The van der Waals surface area contributed by atoms with Gasteiger partial charge in [0.25, 0.3) is 15.9 Å². The predicted octanol–water partition coefficient (Wildman–Crippen LogP) is 4.20. The highest BCUT2D eigenvalue weighted by Gasteiger charge is 2.21. The first-order valence-corrected chi connectivity index (χ1v) is 10.4. The van der Waals surface area contributed by atoms with Crippen molar-refractivity contribution in [1.82, 2.24) is 0 Å². The molecule has 2 N–H and O–H groups in total. The van der Waals surface area contributed by atoms with Gasteiger partial charge in [-0.1, -0.05) is 36.7 Å². The summed E-state index contributed by atoms with van der Waals surface area (Å²) in [7, 11) is -3.88. The van der Waals surface area contributed by atoms with Gasteiger partial charge in [0.1, 0.15) is 6.10 Å². The van der Waals surface area contributed by atoms with Crippen molar-refractivity contribution in [1.29, 1.82) is 0 Å². The fourth-order valence-corrected chi connectivity index (χ4v) is 4.10. The Kier molecular flexibility index (Phi) is 7.24. The minimum absolute atomic E-state index is 0.0599. The number of hydrogen-bond acceptors (Lipinski definition) is 4. The quantitative estimate of drug-likeness (QED) is 0.682. The highest BCUT2D eigenvalue weighted by atomic mass is 35.5. The third kappa shape index (κ3) is 5.45. The van der Waals surface area contributed by atoms with E-state index in [-0.39, 0.29) is 16.5 Å². The molecule has 0 spiro atoms. The smallest absolute Gasteiger partial charge is 0.262 e. The molecule has 1 atom stereocenters. The molecule has 0 aliphatic heterocycles. The average Bonchev–Trinajstić information content (AvgIpc) is 2.62. The topological polar surface area (TPSA) is 84.5 Å². The van der Waals surface area contributed by atoms with Gasteiger partial charge < -0.3 is 10.1 Å². The van der Waals surface area contributed by atoms with Gasteiger partial charge in [0, 0.05) is 12.3 Å². The molecule has 2 aromatic rings. The number of carbonyl (C=O) groups excluding carboxylic acids is 1. The van der Waals surface area contributed by atoms with E-state index in [4.69, 9.17) is 16.3 Å². The lowest BCUT2D eigenvalue weighted by molar-refractivity contribution is -0.127. The third-order valence-corrected chi connectivity index (χ3v) is 5.73. The maximum absolute atomic E-state index is 12.8. The summed E-state index contributed by atoms with van der Waals surface area (Å²) in [6.07, 6.45) is -0.0669. The number of hydrogen-bond donors (Lipinski definition) is 2. The Morgan fingerprint density at radius 1 is 1.19 bits per heavy atom. The first-order valence-electron chi connectivity index (χ1n) is 8.59. The molecule has 0 heterocycles. The highest BCUT2D eigenvalue weighted by Crippen LogP contribution is 2.27. The van der Waals surface area contributed by atoms with Crippen molar-refractivity contribution >= 4 is 38.9 Å². The number of rotatable bonds is 8. The zero-order chi connectivity index (χ0) is 20.0. The fourth-order valence-electron chi connectivity index (χ4n) is 2.51. The molecule has 6 nitrogen and oxygen atoms in total. The van der Waals surface area contributed by atoms with Crippen LogP contribution in [0.2, 0.25) is 5.02 Å². The van der Waals surface area contributed by atoms with Gasteiger partial charge >= 0.3 is 0 Å². The maximum Gasteiger partial charge on any atom is 0.262 e. The Morgan fingerprint density at radius 2 is 1.89 bits per heavy atom. The summed E-state index contributed by atoms with van der Waals surface area (Å²) in [6, 6.07) is 11.3. The Labute approximate surface area is 164 Å². The molecule has 1 amide bonds. The zero-order valence-corrected chi connectivity index (χ0v) is 17.0. The van der Waals surface area contributed by atoms with E-state index in [1.165, 1.54) is 6.07 Å². The molecule has 8 heteroatoms. The molecular formula is C19H23ClN2O4S. The third-order valence-electron chi connectivity index (χ3n) is 3.89. The van der Waals surface area contributed by atoms with Gasteiger partial charge in [-0.25, -0.2) is 8.42 Å². The predicted molar refractivity (Wildman–Crippen MR) is 108 cm³/mol. The molecule has 0 fully saturated rings. The normalized spacial score (nSPS) is 12.4. The summed E-state index contributed by atoms with van der Waals surface area (Å²) >= 11 is 6.04. The first-order chi connectivity index (χ1) is 12.8. The van der Waals surface area contributed by atoms with Crippen molar-refractivity contribution in [2.45, 2.75) is 38.2 Å². The van der Waals surface area contributed by atoms with Crippen LogP contribution in [0.1, 0.15) is 25.8 Å². The number of nitrogens with one attached hydrogen (secondary N) is 2. The monoisotopic (exact) mass is 410 g/mol. The van der Waals surface area contributed by atoms with Crippen LogP contribution in [0, 0.1) is 6.92 Å². The minimum Gasteiger partial charge on any atom is -0.369 e. The van der Waals surface area contributed by atoms with Crippen LogP contribution in [0.15, 0.2) is 47.4 Å². The second kappa shape index (κ2) is 9.21. The number of amides is 1. The molecule has 2 rings (SSSR count). The van der Waals surface area contributed by atoms with Gasteiger partial charge in [0.05, 0.1) is 15.6 Å². The number of ether oxygens (including phenoxy) is 1. The molecule has 0 aliphatic carbocycles. The van der Waals surface area contributed by atoms with Crippen LogP contribution in [0.5, 0.6) is 0 Å². The van der Waals surface area contributed by atoms with Crippen molar-refractivity contribution < 1.29 is 17.9 Å². The molecule has 146 valence electrons. The zero-order valence-electron chi connectivity index (χ0n) is 15.5. The molecule has 0 saturated heterocycles. The fraction of sp³-hybridized carbons (Fsp3) is 0.316. The molecule has 0 bridgehead atoms. The average molecular weight is 411 g/mol. The number of carbonyl (C=O) groups is 1. The molecule has 0 saturated carbocycles. The van der Waals surface area contributed by atoms with E-state index in [1.54, 1.807) is 43.3 Å². The molecule has 0 aliphatic rings. The lowest BCUT2D eigenvalue weighted by atomic mass is 10.2. The number of aryl methyl sites for hydroxylation is 1. The number of sulfonamides is 1. The Morgan fingerprint density at radius 3 is 2.52 bits per heavy atom. The van der Waals surface area contributed by atoms with Crippen molar-refractivity contribution in [3.05, 3.63) is 53.1 Å². The van der Waals surface area contributed by atoms with E-state index in [0.29, 0.717) is 29.3 Å². The Balaban J connectivity index is 2.28. The molecule has 27 heavy (non-hydrogen) atoms. The van der Waals surface area contributed by atoms with Crippen LogP contribution in [-0.2, 0) is 19.6 Å². The lowest BCUT2D eigenvalue weighted by Gasteiger charge is -2.16. The van der Waals surface area contributed by atoms with Gasteiger partial charge in [0.2, 0.25) is 0 Å². The summed E-state index contributed by atoms with van der Waals surface area (Å²) < 4.78 is 33.5. The largest absolute Gasteiger partial charge is 0.369 e. The standard InChI is InChI=1S/C19H23ClN2O4S/c1-4-17(26-5-2)19(23)21-14-11-10-13(3)18(12-14)27(24,25)22-16-9-7-6-8-15(16)20/h6-12,17,22H,4-5H2,1-3H3,(H,21,23). The SMILES string of the molecule is CCOC(CC)C(=O)Nc1ccc(C)c(S(=O)(=O)Nc2ccccc2Cl)c1. The number of anilines is 2. The van der Waals surface area contributed by atoms with E-state index in [9.17, 15) is 13.2 Å². The summed E-state index contributed by atoms with van der Waals surface area (Å²) in [4.78, 5) is 12.4. The second-order valence-electron chi connectivity index (χ2n) is 5.91. The molecule has 0 aromatic heterocycles. The molecule has 0 radical (unpaired) electrons. The van der Waals surface area contributed by atoms with E-state index >= 15 is 0 Å². The maximum atomic E-state index is 12.8. The molecule has 1 unspecified atom stereocenters. The number of benzene rings is 2. The summed E-state index contributed by atoms with van der Waals surface area (Å²) in [5.41, 5.74) is 1.21. The molecular weight excluding hydrogens is 388 g/mol. The van der Waals surface area contributed by atoms with Gasteiger partial charge in [-0.2, -0.15) is 0 Å². The van der Waals surface area contributed by atoms with Crippen molar-refractivity contribution in [3.8, 4) is 0 Å². The van der Waals surface area contributed by atoms with Crippen LogP contribution in [0.25, 0.3) is 0 Å². The van der Waals surface area contributed by atoms with E-state index in [1.807, 2.05) is 13.8 Å².